The Balaban J connectivity index is 0.000000423. The van der Waals surface area contributed by atoms with Crippen molar-refractivity contribution in [2.45, 2.75) is 12.8 Å². The minimum Gasteiger partial charge on any atom is -0.481 e. The zero-order valence-corrected chi connectivity index (χ0v) is 8.33. The summed E-state index contributed by atoms with van der Waals surface area (Å²) < 4.78 is 0. The van der Waals surface area contributed by atoms with E-state index >= 15 is 0 Å². The molecule has 3 N–H and O–H groups in total. The Morgan fingerprint density at radius 2 is 1.93 bits per heavy atom. The number of hydrogen-bond acceptors (Lipinski definition) is 4. The summed E-state index contributed by atoms with van der Waals surface area (Å²) in [7, 11) is 0. The number of aliphatic hydroxyl groups is 2. The van der Waals surface area contributed by atoms with Gasteiger partial charge in [0.2, 0.25) is 0 Å². The minimum atomic E-state index is -0.782. The first-order chi connectivity index (χ1) is 7.20. The third-order valence-electron chi connectivity index (χ3n) is 1.42. The summed E-state index contributed by atoms with van der Waals surface area (Å²) in [6.45, 7) is -0.250. The first kappa shape index (κ1) is 13.5. The molecule has 0 aliphatic heterocycles. The number of rotatable bonds is 4. The topological polar surface area (TPSA) is 90.7 Å². The van der Waals surface area contributed by atoms with Gasteiger partial charge in [-0.05, 0) is 12.1 Å². The van der Waals surface area contributed by atoms with E-state index in [1.54, 1.807) is 6.20 Å². The van der Waals surface area contributed by atoms with Gasteiger partial charge in [-0.3, -0.25) is 9.78 Å². The summed E-state index contributed by atoms with van der Waals surface area (Å²) in [6.07, 6.45) is 2.32. The first-order valence-corrected chi connectivity index (χ1v) is 4.54. The number of aliphatic carboxylic acids is 1. The second-order valence-corrected chi connectivity index (χ2v) is 2.66. The fourth-order valence-corrected chi connectivity index (χ4v) is 0.781. The van der Waals surface area contributed by atoms with E-state index < -0.39 is 5.97 Å². The molecule has 15 heavy (non-hydrogen) atoms. The quantitative estimate of drug-likeness (QED) is 0.658. The number of carboxylic acid groups (broad SMARTS) is 1. The average Bonchev–Trinajstić information content (AvgIpc) is 2.28. The van der Waals surface area contributed by atoms with Crippen LogP contribution in [-0.4, -0.2) is 39.5 Å². The van der Waals surface area contributed by atoms with Crippen LogP contribution in [0.25, 0.3) is 0 Å². The van der Waals surface area contributed by atoms with E-state index in [0.29, 0.717) is 6.42 Å². The summed E-state index contributed by atoms with van der Waals surface area (Å²) in [5.41, 5.74) is 0.829. The molecule has 0 unspecified atom stereocenters. The average molecular weight is 213 g/mol. The van der Waals surface area contributed by atoms with E-state index in [1.807, 2.05) is 18.2 Å². The normalized spacial score (nSPS) is 8.93. The number of aliphatic hydroxyl groups excluding tert-OH is 2. The molecule has 1 rings (SSSR count). The lowest BCUT2D eigenvalue weighted by atomic mass is 10.2. The van der Waals surface area contributed by atoms with Crippen LogP contribution >= 0.6 is 0 Å². The van der Waals surface area contributed by atoms with Crippen molar-refractivity contribution in [1.29, 1.82) is 0 Å². The Hall–Kier alpha value is -1.46. The summed E-state index contributed by atoms with van der Waals surface area (Å²) >= 11 is 0. The molecule has 5 heteroatoms. The smallest absolute Gasteiger partial charge is 0.303 e. The highest BCUT2D eigenvalue weighted by molar-refractivity contribution is 5.66. The zero-order valence-electron chi connectivity index (χ0n) is 8.33. The molecule has 0 amide bonds. The van der Waals surface area contributed by atoms with Gasteiger partial charge < -0.3 is 15.3 Å². The second kappa shape index (κ2) is 9.11. The van der Waals surface area contributed by atoms with Gasteiger partial charge in [-0.25, -0.2) is 0 Å². The van der Waals surface area contributed by atoms with Crippen molar-refractivity contribution in [3.8, 4) is 0 Å². The molecule has 0 aliphatic carbocycles. The number of aryl methyl sites for hydroxylation is 1. The van der Waals surface area contributed by atoms with E-state index in [1.165, 1.54) is 0 Å². The van der Waals surface area contributed by atoms with Crippen LogP contribution in [0.4, 0.5) is 0 Å². The number of carbonyl (C=O) groups is 1. The van der Waals surface area contributed by atoms with Crippen molar-refractivity contribution < 1.29 is 20.1 Å². The van der Waals surface area contributed by atoms with Crippen molar-refractivity contribution in [2.24, 2.45) is 0 Å². The van der Waals surface area contributed by atoms with Crippen molar-refractivity contribution in [2.75, 3.05) is 13.2 Å². The molecule has 1 heterocycles. The predicted octanol–water partition coefficient (Wildman–Crippen LogP) is 0.0698. The number of nitrogens with zero attached hydrogens (tertiary/aromatic N) is 1. The molecule has 0 spiro atoms. The van der Waals surface area contributed by atoms with Gasteiger partial charge in [-0.15, -0.1) is 0 Å². The Labute approximate surface area is 88.0 Å². The summed E-state index contributed by atoms with van der Waals surface area (Å²) in [5, 5.41) is 23.6. The van der Waals surface area contributed by atoms with Crippen LogP contribution in [0.2, 0.25) is 0 Å². The molecule has 84 valence electrons. The molecule has 1 aromatic heterocycles. The Morgan fingerprint density at radius 3 is 2.33 bits per heavy atom. The van der Waals surface area contributed by atoms with E-state index in [4.69, 9.17) is 15.3 Å². The predicted molar refractivity (Wildman–Crippen MR) is 54.4 cm³/mol. The Morgan fingerprint density at radius 1 is 1.27 bits per heavy atom. The molecule has 0 radical (unpaired) electrons. The van der Waals surface area contributed by atoms with Crippen LogP contribution in [0.3, 0.4) is 0 Å². The van der Waals surface area contributed by atoms with E-state index in [-0.39, 0.29) is 19.6 Å². The highest BCUT2D eigenvalue weighted by Crippen LogP contribution is 1.97. The van der Waals surface area contributed by atoms with Crippen molar-refractivity contribution in [3.63, 3.8) is 0 Å². The number of aromatic nitrogens is 1. The number of carboxylic acids is 1. The van der Waals surface area contributed by atoms with E-state index in [9.17, 15) is 4.79 Å². The molecule has 0 saturated carbocycles. The van der Waals surface area contributed by atoms with Crippen LogP contribution in [0.1, 0.15) is 12.1 Å². The Bertz CT molecular complexity index is 261. The summed E-state index contributed by atoms with van der Waals surface area (Å²) in [6, 6.07) is 5.48. The van der Waals surface area contributed by atoms with Gasteiger partial charge in [0.05, 0.1) is 19.6 Å². The third-order valence-corrected chi connectivity index (χ3v) is 1.42. The summed E-state index contributed by atoms with van der Waals surface area (Å²) in [4.78, 5) is 14.1. The standard InChI is InChI=1S/C8H9NO2.C2H6O2/c10-8(11)5-4-7-3-1-2-6-9-7;3-1-2-4/h1-3,6H,4-5H2,(H,10,11);3-4H,1-2H2. The number of pyridine rings is 1. The molecule has 0 fully saturated rings. The molecule has 0 bridgehead atoms. The third kappa shape index (κ3) is 8.86. The fourth-order valence-electron chi connectivity index (χ4n) is 0.781. The largest absolute Gasteiger partial charge is 0.481 e. The van der Waals surface area contributed by atoms with Gasteiger partial charge in [-0.2, -0.15) is 0 Å². The molecular formula is C10H15NO4. The van der Waals surface area contributed by atoms with Gasteiger partial charge in [0.25, 0.3) is 0 Å². The van der Waals surface area contributed by atoms with Crippen LogP contribution in [0.5, 0.6) is 0 Å². The van der Waals surface area contributed by atoms with Crippen LogP contribution in [0, 0.1) is 0 Å². The lowest BCUT2D eigenvalue weighted by Crippen LogP contribution is -1.98. The second-order valence-electron chi connectivity index (χ2n) is 2.66. The maximum atomic E-state index is 10.1. The molecule has 0 atom stereocenters. The highest BCUT2D eigenvalue weighted by Gasteiger charge is 1.97. The maximum absolute atomic E-state index is 10.1. The fraction of sp³-hybridized carbons (Fsp3) is 0.400. The lowest BCUT2D eigenvalue weighted by molar-refractivity contribution is -0.136. The highest BCUT2D eigenvalue weighted by atomic mass is 16.4. The van der Waals surface area contributed by atoms with Crippen molar-refractivity contribution in [3.05, 3.63) is 30.1 Å². The van der Waals surface area contributed by atoms with Crippen molar-refractivity contribution >= 4 is 5.97 Å². The Kier molecular flexibility index (Phi) is 8.22. The van der Waals surface area contributed by atoms with Crippen LogP contribution in [-0.2, 0) is 11.2 Å². The van der Waals surface area contributed by atoms with Gasteiger partial charge in [0, 0.05) is 18.3 Å². The molecular weight excluding hydrogens is 198 g/mol. The maximum Gasteiger partial charge on any atom is 0.303 e. The van der Waals surface area contributed by atoms with E-state index in [2.05, 4.69) is 4.98 Å². The van der Waals surface area contributed by atoms with Gasteiger partial charge in [-0.1, -0.05) is 6.07 Å². The monoisotopic (exact) mass is 213 g/mol. The molecule has 0 saturated heterocycles. The SMILES string of the molecule is O=C(O)CCc1ccccn1.OCCO. The first-order valence-electron chi connectivity index (χ1n) is 4.54. The van der Waals surface area contributed by atoms with Crippen LogP contribution < -0.4 is 0 Å². The van der Waals surface area contributed by atoms with E-state index in [0.717, 1.165) is 5.69 Å². The molecule has 0 aromatic carbocycles. The lowest BCUT2D eigenvalue weighted by Gasteiger charge is -1.94. The molecule has 1 aromatic rings. The summed E-state index contributed by atoms with van der Waals surface area (Å²) in [5.74, 6) is -0.782. The van der Waals surface area contributed by atoms with Crippen molar-refractivity contribution in [1.82, 2.24) is 4.98 Å². The molecule has 0 aliphatic rings. The minimum absolute atomic E-state index is 0.125. The van der Waals surface area contributed by atoms with Gasteiger partial charge in [0.1, 0.15) is 0 Å². The van der Waals surface area contributed by atoms with Crippen LogP contribution in [0.15, 0.2) is 24.4 Å². The number of hydrogen-bond donors (Lipinski definition) is 3. The van der Waals surface area contributed by atoms with Gasteiger partial charge in [0.15, 0.2) is 0 Å². The zero-order chi connectivity index (χ0) is 11.5. The van der Waals surface area contributed by atoms with Gasteiger partial charge >= 0.3 is 5.97 Å². The molecule has 5 nitrogen and oxygen atoms in total.